The van der Waals surface area contributed by atoms with Gasteiger partial charge in [0.25, 0.3) is 0 Å². The summed E-state index contributed by atoms with van der Waals surface area (Å²) in [6.45, 7) is 2.74. The first kappa shape index (κ1) is 16.0. The van der Waals surface area contributed by atoms with Gasteiger partial charge in [-0.15, -0.1) is 0 Å². The van der Waals surface area contributed by atoms with Crippen molar-refractivity contribution >= 4 is 15.7 Å². The number of nitrogens with zero attached hydrogens (tertiary/aromatic N) is 1. The number of carbonyl (C=O) groups excluding carboxylic acids is 1. The lowest BCUT2D eigenvalue weighted by Crippen LogP contribution is -2.41. The van der Waals surface area contributed by atoms with Gasteiger partial charge in [-0.3, -0.25) is 9.69 Å². The molecule has 0 aromatic heterocycles. The van der Waals surface area contributed by atoms with Gasteiger partial charge < -0.3 is 5.32 Å². The molecule has 1 amide bonds. The summed E-state index contributed by atoms with van der Waals surface area (Å²) in [6, 6.07) is 7.96. The van der Waals surface area contributed by atoms with Crippen molar-refractivity contribution in [1.82, 2.24) is 10.2 Å². The molecule has 0 aliphatic carbocycles. The summed E-state index contributed by atoms with van der Waals surface area (Å²) in [7, 11) is -1.11. The highest BCUT2D eigenvalue weighted by molar-refractivity contribution is 7.91. The smallest absolute Gasteiger partial charge is 0.234 e. The van der Waals surface area contributed by atoms with Crippen LogP contribution < -0.4 is 5.32 Å². The first-order valence-electron chi connectivity index (χ1n) is 7.08. The van der Waals surface area contributed by atoms with Crippen LogP contribution in [0.1, 0.15) is 17.5 Å². The zero-order valence-electron chi connectivity index (χ0n) is 12.5. The topological polar surface area (TPSA) is 66.5 Å². The van der Waals surface area contributed by atoms with Gasteiger partial charge in [0.05, 0.1) is 18.1 Å². The molecule has 1 heterocycles. The monoisotopic (exact) mass is 310 g/mol. The lowest BCUT2D eigenvalue weighted by Gasteiger charge is -2.22. The highest BCUT2D eigenvalue weighted by Crippen LogP contribution is 2.16. The van der Waals surface area contributed by atoms with E-state index in [1.807, 2.05) is 36.1 Å². The highest BCUT2D eigenvalue weighted by atomic mass is 32.2. The number of benzene rings is 1. The van der Waals surface area contributed by atoms with Gasteiger partial charge in [0, 0.05) is 12.6 Å². The summed E-state index contributed by atoms with van der Waals surface area (Å²) >= 11 is 0. The van der Waals surface area contributed by atoms with Crippen molar-refractivity contribution in [3.63, 3.8) is 0 Å². The van der Waals surface area contributed by atoms with Gasteiger partial charge in [0.2, 0.25) is 5.91 Å². The van der Waals surface area contributed by atoms with Gasteiger partial charge >= 0.3 is 0 Å². The standard InChI is InChI=1S/C15H22N2O3S/c1-12-3-5-13(6-4-12)9-16-15(18)10-17(2)14-7-8-21(19,20)11-14/h3-6,14H,7-11H2,1-2H3,(H,16,18). The molecule has 6 heteroatoms. The van der Waals surface area contributed by atoms with Gasteiger partial charge in [-0.2, -0.15) is 0 Å². The zero-order valence-corrected chi connectivity index (χ0v) is 13.3. The largest absolute Gasteiger partial charge is 0.351 e. The molecule has 1 aromatic carbocycles. The molecule has 1 fully saturated rings. The maximum atomic E-state index is 11.9. The second-order valence-corrected chi connectivity index (χ2v) is 7.96. The Hall–Kier alpha value is -1.40. The maximum absolute atomic E-state index is 11.9. The second kappa shape index (κ2) is 6.58. The number of sulfone groups is 1. The Labute approximate surface area is 126 Å². The van der Waals surface area contributed by atoms with Crippen molar-refractivity contribution in [2.45, 2.75) is 25.9 Å². The van der Waals surface area contributed by atoms with Crippen LogP contribution in [0, 0.1) is 6.92 Å². The number of hydrogen-bond donors (Lipinski definition) is 1. The number of aryl methyl sites for hydroxylation is 1. The second-order valence-electron chi connectivity index (χ2n) is 5.73. The first-order chi connectivity index (χ1) is 9.85. The number of hydrogen-bond acceptors (Lipinski definition) is 4. The van der Waals surface area contributed by atoms with Gasteiger partial charge in [0.15, 0.2) is 9.84 Å². The minimum absolute atomic E-state index is 0.0416. The van der Waals surface area contributed by atoms with E-state index in [0.717, 1.165) is 5.56 Å². The molecule has 0 radical (unpaired) electrons. The summed E-state index contributed by atoms with van der Waals surface area (Å²) in [5, 5.41) is 2.86. The fourth-order valence-electron chi connectivity index (χ4n) is 2.44. The van der Waals surface area contributed by atoms with Gasteiger partial charge in [-0.25, -0.2) is 8.42 Å². The van der Waals surface area contributed by atoms with Gasteiger partial charge in [-0.1, -0.05) is 29.8 Å². The fraction of sp³-hybridized carbons (Fsp3) is 0.533. The van der Waals surface area contributed by atoms with E-state index in [4.69, 9.17) is 0 Å². The molecule has 1 atom stereocenters. The SMILES string of the molecule is Cc1ccc(CNC(=O)CN(C)C2CCS(=O)(=O)C2)cc1. The first-order valence-corrected chi connectivity index (χ1v) is 8.91. The van der Waals surface area contributed by atoms with Crippen LogP contribution in [0.3, 0.4) is 0 Å². The molecule has 21 heavy (non-hydrogen) atoms. The number of carbonyl (C=O) groups is 1. The van der Waals surface area contributed by atoms with E-state index >= 15 is 0 Å². The normalized spacial score (nSPS) is 20.6. The van der Waals surface area contributed by atoms with Crippen molar-refractivity contribution < 1.29 is 13.2 Å². The Morgan fingerprint density at radius 1 is 1.33 bits per heavy atom. The predicted octanol–water partition coefficient (Wildman–Crippen LogP) is 0.730. The molecule has 1 saturated heterocycles. The van der Waals surface area contributed by atoms with E-state index in [9.17, 15) is 13.2 Å². The van der Waals surface area contributed by atoms with E-state index in [0.29, 0.717) is 13.0 Å². The Morgan fingerprint density at radius 3 is 2.57 bits per heavy atom. The van der Waals surface area contributed by atoms with Crippen LogP contribution in [-0.2, 0) is 21.2 Å². The predicted molar refractivity (Wildman–Crippen MR) is 82.7 cm³/mol. The van der Waals surface area contributed by atoms with Gasteiger partial charge in [-0.05, 0) is 26.0 Å². The Morgan fingerprint density at radius 2 is 2.00 bits per heavy atom. The molecule has 1 unspecified atom stereocenters. The van der Waals surface area contributed by atoms with Crippen molar-refractivity contribution in [1.29, 1.82) is 0 Å². The van der Waals surface area contributed by atoms with Crippen molar-refractivity contribution in [3.8, 4) is 0 Å². The van der Waals surface area contributed by atoms with Crippen molar-refractivity contribution in [2.24, 2.45) is 0 Å². The number of rotatable bonds is 5. The number of nitrogens with one attached hydrogen (secondary N) is 1. The quantitative estimate of drug-likeness (QED) is 0.871. The Kier molecular flexibility index (Phi) is 5.00. The average molecular weight is 310 g/mol. The van der Waals surface area contributed by atoms with E-state index in [1.165, 1.54) is 5.56 Å². The Bertz CT molecular complexity index is 596. The molecule has 1 aliphatic rings. The van der Waals surface area contributed by atoms with E-state index in [2.05, 4.69) is 5.32 Å². The number of amides is 1. The Balaban J connectivity index is 1.78. The minimum Gasteiger partial charge on any atom is -0.351 e. The van der Waals surface area contributed by atoms with Gasteiger partial charge in [0.1, 0.15) is 0 Å². The van der Waals surface area contributed by atoms with E-state index in [1.54, 1.807) is 7.05 Å². The third kappa shape index (κ3) is 4.82. The number of likely N-dealkylation sites (N-methyl/N-ethyl adjacent to an activating group) is 1. The highest BCUT2D eigenvalue weighted by Gasteiger charge is 2.31. The average Bonchev–Trinajstić information content (AvgIpc) is 2.78. The van der Waals surface area contributed by atoms with Crippen LogP contribution in [0.25, 0.3) is 0 Å². The van der Waals surface area contributed by atoms with E-state index < -0.39 is 9.84 Å². The molecular formula is C15H22N2O3S. The molecule has 1 aliphatic heterocycles. The van der Waals surface area contributed by atoms with Crippen LogP contribution in [-0.4, -0.2) is 50.4 Å². The fourth-order valence-corrected chi connectivity index (χ4v) is 4.25. The summed E-state index contributed by atoms with van der Waals surface area (Å²) in [6.07, 6.45) is 0.615. The lowest BCUT2D eigenvalue weighted by atomic mass is 10.1. The third-order valence-corrected chi connectivity index (χ3v) is 5.59. The minimum atomic E-state index is -2.91. The van der Waals surface area contributed by atoms with E-state index in [-0.39, 0.29) is 30.0 Å². The molecule has 2 rings (SSSR count). The molecule has 0 bridgehead atoms. The molecule has 1 aromatic rings. The lowest BCUT2D eigenvalue weighted by molar-refractivity contribution is -0.122. The maximum Gasteiger partial charge on any atom is 0.234 e. The molecule has 116 valence electrons. The summed E-state index contributed by atoms with van der Waals surface area (Å²) in [4.78, 5) is 13.7. The van der Waals surface area contributed by atoms with Crippen LogP contribution in [0.4, 0.5) is 0 Å². The summed E-state index contributed by atoms with van der Waals surface area (Å²) < 4.78 is 22.9. The molecule has 0 saturated carbocycles. The van der Waals surface area contributed by atoms with Crippen molar-refractivity contribution in [2.75, 3.05) is 25.1 Å². The molecule has 5 nitrogen and oxygen atoms in total. The zero-order chi connectivity index (χ0) is 15.5. The molecule has 0 spiro atoms. The molecular weight excluding hydrogens is 288 g/mol. The van der Waals surface area contributed by atoms with Crippen LogP contribution in [0.5, 0.6) is 0 Å². The van der Waals surface area contributed by atoms with Crippen LogP contribution in [0.15, 0.2) is 24.3 Å². The third-order valence-electron chi connectivity index (χ3n) is 3.84. The van der Waals surface area contributed by atoms with Crippen LogP contribution >= 0.6 is 0 Å². The summed E-state index contributed by atoms with van der Waals surface area (Å²) in [5.41, 5.74) is 2.24. The van der Waals surface area contributed by atoms with Crippen molar-refractivity contribution in [3.05, 3.63) is 35.4 Å². The molecule has 1 N–H and O–H groups in total. The van der Waals surface area contributed by atoms with Crippen LogP contribution in [0.2, 0.25) is 0 Å². The summed E-state index contributed by atoms with van der Waals surface area (Å²) in [5.74, 6) is 0.309.